The number of rotatable bonds is 6. The van der Waals surface area contributed by atoms with Crippen LogP contribution in [-0.4, -0.2) is 88.5 Å². The number of nitrogens with one attached hydrogen (secondary N) is 6. The van der Waals surface area contributed by atoms with Crippen molar-refractivity contribution in [1.82, 2.24) is 26.6 Å². The van der Waals surface area contributed by atoms with Gasteiger partial charge in [0.05, 0.1) is 19.0 Å². The fourth-order valence-electron chi connectivity index (χ4n) is 3.40. The summed E-state index contributed by atoms with van der Waals surface area (Å²) in [6, 6.07) is -4.84. The van der Waals surface area contributed by atoms with Crippen molar-refractivity contribution in [3.8, 4) is 0 Å². The van der Waals surface area contributed by atoms with Gasteiger partial charge in [-0.2, -0.15) is 5.84 Å². The smallest absolute Gasteiger partial charge is 0.305 e. The van der Waals surface area contributed by atoms with Gasteiger partial charge in [-0.05, 0) is 37.5 Å². The molecule has 0 radical (unpaired) electrons. The summed E-state index contributed by atoms with van der Waals surface area (Å²) in [6.07, 6.45) is -0.670. The van der Waals surface area contributed by atoms with Crippen LogP contribution < -0.4 is 32.4 Å². The van der Waals surface area contributed by atoms with E-state index >= 15 is 0 Å². The van der Waals surface area contributed by atoms with Gasteiger partial charge in [-0.25, -0.2) is 0 Å². The number of hydrazine groups is 1. The maximum Gasteiger partial charge on any atom is 0.305 e. The number of carbonyl (C=O) groups is 7. The average Bonchev–Trinajstić information content (AvgIpc) is 2.79. The molecule has 5 atom stereocenters. The summed E-state index contributed by atoms with van der Waals surface area (Å²) in [5.74, 6) is -1.46. The minimum absolute atomic E-state index is 0.104. The number of hydrogen-bond donors (Lipinski definition) is 8. The third-order valence-electron chi connectivity index (χ3n) is 5.57. The maximum atomic E-state index is 12.8. The lowest BCUT2D eigenvalue weighted by atomic mass is 9.93. The number of carboxylic acids is 1. The molecular formula is C21H35N8O8+. The van der Waals surface area contributed by atoms with E-state index in [9.17, 15) is 33.6 Å². The summed E-state index contributed by atoms with van der Waals surface area (Å²) in [7, 11) is 0. The molecular weight excluding hydrogens is 492 g/mol. The Balaban J connectivity index is 3.18. The number of carboxylic acid groups (broad SMARTS) is 1. The standard InChI is InChI=1S/C21H34N8O8/c1-10-15(30)7-13(5-4-6-29(22)23)20(36)24-9-16(31)28-14(8-17(32)33)21(37)27-12(3)19(35)26-11(2)18(34)25-10/h10-14H,4-9H2,1-3H3,(H8-,22,23,24,25,26,27,28,31,32,33,34,35,36,37)/p+1/t10?,11?,12?,13-,14+/m1/s1. The number of ketones is 1. The molecule has 16 nitrogen and oxygen atoms in total. The van der Waals surface area contributed by atoms with Gasteiger partial charge < -0.3 is 31.7 Å². The minimum Gasteiger partial charge on any atom is -0.481 e. The van der Waals surface area contributed by atoms with E-state index in [1.54, 1.807) is 0 Å². The Kier molecular flexibility index (Phi) is 12.1. The van der Waals surface area contributed by atoms with Crippen LogP contribution in [0.15, 0.2) is 0 Å². The number of aliphatic carboxylic acids is 1. The molecule has 1 fully saturated rings. The van der Waals surface area contributed by atoms with Gasteiger partial charge in [0, 0.05) is 18.8 Å². The second kappa shape index (κ2) is 14.4. The molecule has 0 saturated carbocycles. The van der Waals surface area contributed by atoms with Crippen LogP contribution in [0, 0.1) is 11.4 Å². The highest BCUT2D eigenvalue weighted by Crippen LogP contribution is 2.14. The Morgan fingerprint density at radius 1 is 0.919 bits per heavy atom. The Morgan fingerprint density at radius 3 is 2.00 bits per heavy atom. The fourth-order valence-corrected chi connectivity index (χ4v) is 3.40. The van der Waals surface area contributed by atoms with Gasteiger partial charge in [0.1, 0.15) is 18.1 Å². The van der Waals surface area contributed by atoms with Crippen molar-refractivity contribution in [2.75, 3.05) is 13.1 Å². The SMILES string of the molecule is CC1NC(=O)C(C)NC(=O)C(C)NC(=O)[C@H](CC(=O)O)NC(=O)CNC(=O)[C@H](CCC[N+](=N)N)CC1=O. The van der Waals surface area contributed by atoms with Gasteiger partial charge in [-0.15, -0.1) is 0 Å². The maximum absolute atomic E-state index is 12.8. The molecule has 0 spiro atoms. The van der Waals surface area contributed by atoms with Gasteiger partial charge in [0.15, 0.2) is 12.3 Å². The van der Waals surface area contributed by atoms with Crippen LogP contribution in [0.2, 0.25) is 0 Å². The summed E-state index contributed by atoms with van der Waals surface area (Å²) in [5.41, 5.74) is 7.25. The van der Waals surface area contributed by atoms with Gasteiger partial charge in [-0.1, -0.05) is 0 Å². The first-order valence-corrected chi connectivity index (χ1v) is 11.7. The normalized spacial score (nSPS) is 26.9. The van der Waals surface area contributed by atoms with Crippen LogP contribution in [0.4, 0.5) is 0 Å². The highest BCUT2D eigenvalue weighted by atomic mass is 16.4. The molecule has 1 saturated heterocycles. The second-order valence-electron chi connectivity index (χ2n) is 8.83. The summed E-state index contributed by atoms with van der Waals surface area (Å²) in [4.78, 5) is 87.2. The zero-order chi connectivity index (χ0) is 28.3. The molecule has 9 N–H and O–H groups in total. The first-order valence-electron chi connectivity index (χ1n) is 11.7. The van der Waals surface area contributed by atoms with E-state index in [1.807, 2.05) is 0 Å². The van der Waals surface area contributed by atoms with E-state index < -0.39 is 84.3 Å². The first kappa shape index (κ1) is 30.9. The van der Waals surface area contributed by atoms with Gasteiger partial charge in [0.2, 0.25) is 29.5 Å². The lowest BCUT2D eigenvalue weighted by Gasteiger charge is -2.23. The number of Topliss-reactive ketones (excluding diaryl/α,β-unsaturated/α-hetero) is 1. The van der Waals surface area contributed by atoms with E-state index in [2.05, 4.69) is 26.6 Å². The van der Waals surface area contributed by atoms with Crippen LogP contribution in [0.1, 0.15) is 46.5 Å². The third kappa shape index (κ3) is 11.0. The summed E-state index contributed by atoms with van der Waals surface area (Å²) in [6.45, 7) is 3.57. The van der Waals surface area contributed by atoms with Crippen LogP contribution in [0.5, 0.6) is 0 Å². The Hall–Kier alpha value is -4.11. The monoisotopic (exact) mass is 527 g/mol. The second-order valence-corrected chi connectivity index (χ2v) is 8.83. The number of hydrogen-bond acceptors (Lipinski definition) is 8. The molecule has 1 rings (SSSR count). The topological polar surface area (TPSA) is 253 Å². The quantitative estimate of drug-likeness (QED) is 0.0750. The predicted molar refractivity (Wildman–Crippen MR) is 124 cm³/mol. The molecule has 1 aliphatic heterocycles. The summed E-state index contributed by atoms with van der Waals surface area (Å²) >= 11 is 0. The van der Waals surface area contributed by atoms with Crippen molar-refractivity contribution >= 4 is 41.3 Å². The van der Waals surface area contributed by atoms with Gasteiger partial charge in [0.25, 0.3) is 0 Å². The highest BCUT2D eigenvalue weighted by molar-refractivity contribution is 5.97. The lowest BCUT2D eigenvalue weighted by molar-refractivity contribution is -0.626. The molecule has 0 aromatic carbocycles. The molecule has 0 aliphatic carbocycles. The van der Waals surface area contributed by atoms with Crippen LogP contribution in [0.3, 0.4) is 0 Å². The van der Waals surface area contributed by atoms with Crippen molar-refractivity contribution in [1.29, 1.82) is 5.53 Å². The summed E-state index contributed by atoms with van der Waals surface area (Å²) < 4.78 is 0. The summed E-state index contributed by atoms with van der Waals surface area (Å²) in [5, 5.41) is 20.8. The largest absolute Gasteiger partial charge is 0.481 e. The van der Waals surface area contributed by atoms with Crippen molar-refractivity contribution in [3.05, 3.63) is 0 Å². The number of carbonyl (C=O) groups excluding carboxylic acids is 6. The lowest BCUT2D eigenvalue weighted by Crippen LogP contribution is -2.57. The zero-order valence-corrected chi connectivity index (χ0v) is 21.0. The van der Waals surface area contributed by atoms with E-state index in [1.165, 1.54) is 20.8 Å². The molecule has 5 amide bonds. The van der Waals surface area contributed by atoms with Crippen LogP contribution >= 0.6 is 0 Å². The third-order valence-corrected chi connectivity index (χ3v) is 5.57. The van der Waals surface area contributed by atoms with E-state index in [4.69, 9.17) is 16.5 Å². The molecule has 0 aromatic rings. The zero-order valence-electron chi connectivity index (χ0n) is 21.0. The van der Waals surface area contributed by atoms with E-state index in [-0.39, 0.29) is 25.8 Å². The Labute approximate surface area is 212 Å². The van der Waals surface area contributed by atoms with Crippen molar-refractivity contribution in [2.24, 2.45) is 11.8 Å². The first-order chi connectivity index (χ1) is 17.2. The van der Waals surface area contributed by atoms with E-state index in [0.717, 1.165) is 0 Å². The van der Waals surface area contributed by atoms with Crippen molar-refractivity contribution in [2.45, 2.75) is 70.6 Å². The predicted octanol–water partition coefficient (Wildman–Crippen LogP) is -3.14. The van der Waals surface area contributed by atoms with Gasteiger partial charge in [-0.3, -0.25) is 33.6 Å². The number of amides is 5. The van der Waals surface area contributed by atoms with Gasteiger partial charge >= 0.3 is 5.97 Å². The Bertz CT molecular complexity index is 940. The molecule has 37 heavy (non-hydrogen) atoms. The number of nitrogens with zero attached hydrogens (tertiary/aromatic N) is 1. The molecule has 3 unspecified atom stereocenters. The highest BCUT2D eigenvalue weighted by Gasteiger charge is 2.30. The van der Waals surface area contributed by atoms with Crippen LogP contribution in [-0.2, 0) is 33.6 Å². The molecule has 16 heteroatoms. The molecule has 206 valence electrons. The molecule has 0 aromatic heterocycles. The Morgan fingerprint density at radius 2 is 1.46 bits per heavy atom. The van der Waals surface area contributed by atoms with Crippen molar-refractivity contribution in [3.63, 3.8) is 0 Å². The number of nitrogens with two attached hydrogens (primary N) is 1. The van der Waals surface area contributed by atoms with Crippen LogP contribution in [0.25, 0.3) is 0 Å². The average molecular weight is 528 g/mol. The van der Waals surface area contributed by atoms with E-state index in [0.29, 0.717) is 4.81 Å². The molecule has 0 bridgehead atoms. The minimum atomic E-state index is -1.55. The van der Waals surface area contributed by atoms with Crippen molar-refractivity contribution < 1.29 is 43.5 Å². The molecule has 1 heterocycles. The molecule has 1 aliphatic rings. The fraction of sp³-hybridized carbons (Fsp3) is 0.667.